The molecule has 0 aliphatic heterocycles. The van der Waals surface area contributed by atoms with E-state index in [4.69, 9.17) is 4.74 Å². The molecule has 0 fully saturated rings. The lowest BCUT2D eigenvalue weighted by Gasteiger charge is -2.27. The molecule has 0 saturated heterocycles. The van der Waals surface area contributed by atoms with Crippen molar-refractivity contribution in [2.24, 2.45) is 11.8 Å². The van der Waals surface area contributed by atoms with Gasteiger partial charge in [0, 0.05) is 5.92 Å². The molecule has 0 aliphatic carbocycles. The van der Waals surface area contributed by atoms with Crippen LogP contribution in [0.3, 0.4) is 0 Å². The average Bonchev–Trinajstić information content (AvgIpc) is 2.84. The lowest BCUT2D eigenvalue weighted by atomic mass is 9.97. The molecule has 0 radical (unpaired) electrons. The van der Waals surface area contributed by atoms with Gasteiger partial charge in [-0.3, -0.25) is 14.4 Å². The third-order valence-corrected chi connectivity index (χ3v) is 8.36. The summed E-state index contributed by atoms with van der Waals surface area (Å²) in [6.07, 6.45) is -2.00. The average molecular weight is 600 g/mol. The van der Waals surface area contributed by atoms with E-state index in [9.17, 15) is 29.4 Å². The lowest BCUT2D eigenvalue weighted by molar-refractivity contribution is -0.138. The summed E-state index contributed by atoms with van der Waals surface area (Å²) in [5.74, 6) is -1.66. The number of amides is 3. The smallest absolute Gasteiger partial charge is 0.330 e. The highest BCUT2D eigenvalue weighted by Crippen LogP contribution is 2.44. The zero-order valence-corrected chi connectivity index (χ0v) is 26.3. The Morgan fingerprint density at radius 3 is 2.00 bits per heavy atom. The number of carbonyl (C=O) groups excluding carboxylic acids is 4. The van der Waals surface area contributed by atoms with Crippen molar-refractivity contribution in [3.63, 3.8) is 0 Å². The molecule has 5 N–H and O–H groups in total. The van der Waals surface area contributed by atoms with Crippen molar-refractivity contribution in [3.05, 3.63) is 24.3 Å². The molecule has 0 spiro atoms. The predicted molar refractivity (Wildman–Crippen MR) is 159 cm³/mol. The van der Waals surface area contributed by atoms with Crippen molar-refractivity contribution in [2.45, 2.75) is 95.1 Å². The van der Waals surface area contributed by atoms with Crippen molar-refractivity contribution in [1.29, 1.82) is 0 Å². The summed E-state index contributed by atoms with van der Waals surface area (Å²) in [5.41, 5.74) is 0. The molecule has 12 heteroatoms. The molecule has 0 aliphatic rings. The van der Waals surface area contributed by atoms with Crippen LogP contribution in [0.15, 0.2) is 29.2 Å². The Labute approximate surface area is 246 Å². The summed E-state index contributed by atoms with van der Waals surface area (Å²) < 4.78 is 5.34. The number of aliphatic hydroxyl groups is 2. The maximum Gasteiger partial charge on any atom is 0.330 e. The second kappa shape index (κ2) is 16.9. The fraction of sp³-hybridized carbons (Fsp3) is 0.643. The highest BCUT2D eigenvalue weighted by Gasteiger charge is 2.33. The van der Waals surface area contributed by atoms with Gasteiger partial charge in [-0.25, -0.2) is 4.79 Å². The third kappa shape index (κ3) is 12.5. The second-order valence-electron chi connectivity index (χ2n) is 10.6. The zero-order chi connectivity index (χ0) is 30.6. The molecule has 2 unspecified atom stereocenters. The topological polar surface area (TPSA) is 154 Å². The standard InChI is InChI=1S/C28H45N3O7S2/c1-9-39-28(7,8)40-21-13-11-10-12-20(21)38-22(34)15-29-26(36)23(18(5)32)31-27(37)24(19(6)33)30-25(35)17(4)14-16(2)3/h10-13,16-19,23-24,32-33H,9,14-15H2,1-8H3,(H,29,36)(H,30,35)(H,31,37)/t17-,18?,19?,23-,24-/m0/s1. The molecule has 10 nitrogen and oxygen atoms in total. The van der Waals surface area contributed by atoms with Gasteiger partial charge < -0.3 is 30.9 Å². The number of nitrogens with one attached hydrogen (secondary N) is 3. The first-order chi connectivity index (χ1) is 18.6. The van der Waals surface area contributed by atoms with Crippen molar-refractivity contribution >= 4 is 47.2 Å². The predicted octanol–water partition coefficient (Wildman–Crippen LogP) is 2.70. The number of esters is 1. The van der Waals surface area contributed by atoms with Gasteiger partial charge in [0.2, 0.25) is 17.7 Å². The Bertz CT molecular complexity index is 1000. The maximum absolute atomic E-state index is 12.9. The van der Waals surface area contributed by atoms with Crippen LogP contribution < -0.4 is 20.7 Å². The Morgan fingerprint density at radius 1 is 0.900 bits per heavy atom. The van der Waals surface area contributed by atoms with Crippen LogP contribution in [0.2, 0.25) is 0 Å². The number of carbonyl (C=O) groups is 4. The molecule has 5 atom stereocenters. The van der Waals surface area contributed by atoms with Gasteiger partial charge in [-0.15, -0.1) is 23.5 Å². The van der Waals surface area contributed by atoms with Gasteiger partial charge in [0.1, 0.15) is 24.4 Å². The molecule has 0 saturated carbocycles. The summed E-state index contributed by atoms with van der Waals surface area (Å²) >= 11 is 3.32. The van der Waals surface area contributed by atoms with Gasteiger partial charge in [0.15, 0.2) is 0 Å². The Balaban J connectivity index is 2.83. The monoisotopic (exact) mass is 599 g/mol. The molecule has 1 aromatic carbocycles. The number of thioether (sulfide) groups is 2. The quantitative estimate of drug-likeness (QED) is 0.0835. The SMILES string of the molecule is CCSC(C)(C)Sc1ccccc1OC(=O)CNC(=O)[C@@H](NC(=O)[C@@H](NC(=O)[C@@H](C)CC(C)C)C(C)O)C(C)O. The van der Waals surface area contributed by atoms with Crippen LogP contribution in [-0.2, 0) is 19.2 Å². The first-order valence-electron chi connectivity index (χ1n) is 13.4. The van der Waals surface area contributed by atoms with E-state index in [0.29, 0.717) is 12.2 Å². The number of ether oxygens (including phenoxy) is 1. The van der Waals surface area contributed by atoms with E-state index < -0.39 is 60.4 Å². The first kappa shape index (κ1) is 35.7. The Morgan fingerprint density at radius 2 is 1.45 bits per heavy atom. The van der Waals surface area contributed by atoms with Gasteiger partial charge in [-0.1, -0.05) is 39.8 Å². The molecule has 0 aromatic heterocycles. The second-order valence-corrected chi connectivity index (χ2v) is 14.4. The maximum atomic E-state index is 12.9. The fourth-order valence-corrected chi connectivity index (χ4v) is 6.29. The summed E-state index contributed by atoms with van der Waals surface area (Å²) in [6.45, 7) is 14.0. The van der Waals surface area contributed by atoms with Crippen LogP contribution in [-0.4, -0.2) is 74.6 Å². The van der Waals surface area contributed by atoms with Gasteiger partial charge in [-0.2, -0.15) is 0 Å². The van der Waals surface area contributed by atoms with E-state index in [1.54, 1.807) is 42.6 Å². The minimum atomic E-state index is -1.44. The number of aliphatic hydroxyl groups excluding tert-OH is 2. The van der Waals surface area contributed by atoms with Gasteiger partial charge in [0.05, 0.1) is 21.2 Å². The summed E-state index contributed by atoms with van der Waals surface area (Å²) in [6, 6.07) is 4.32. The molecule has 1 rings (SSSR count). The molecular weight excluding hydrogens is 554 g/mol. The molecule has 3 amide bonds. The van der Waals surface area contributed by atoms with Crippen molar-refractivity contribution in [2.75, 3.05) is 12.3 Å². The van der Waals surface area contributed by atoms with E-state index in [-0.39, 0.29) is 10.00 Å². The summed E-state index contributed by atoms with van der Waals surface area (Å²) in [7, 11) is 0. The molecule has 226 valence electrons. The fourth-order valence-electron chi connectivity index (χ4n) is 3.85. The zero-order valence-electron chi connectivity index (χ0n) is 24.6. The van der Waals surface area contributed by atoms with E-state index in [1.807, 2.05) is 26.0 Å². The van der Waals surface area contributed by atoms with Crippen LogP contribution in [0, 0.1) is 11.8 Å². The summed E-state index contributed by atoms with van der Waals surface area (Å²) in [4.78, 5) is 51.5. The highest BCUT2D eigenvalue weighted by molar-refractivity contribution is 8.18. The van der Waals surface area contributed by atoms with E-state index >= 15 is 0 Å². The largest absolute Gasteiger partial charge is 0.424 e. The van der Waals surface area contributed by atoms with E-state index in [0.717, 1.165) is 10.6 Å². The molecular formula is C28H45N3O7S2. The van der Waals surface area contributed by atoms with Gasteiger partial charge in [-0.05, 0) is 57.9 Å². The number of hydrogen-bond acceptors (Lipinski definition) is 9. The van der Waals surface area contributed by atoms with Gasteiger partial charge >= 0.3 is 5.97 Å². The highest BCUT2D eigenvalue weighted by atomic mass is 32.2. The number of para-hydroxylation sites is 1. The van der Waals surface area contributed by atoms with E-state index in [2.05, 4.69) is 36.7 Å². The molecule has 1 aromatic rings. The Hall–Kier alpha value is -2.28. The number of hydrogen-bond donors (Lipinski definition) is 5. The normalized spacial score (nSPS) is 15.4. The molecule has 0 bridgehead atoms. The van der Waals surface area contributed by atoms with Crippen molar-refractivity contribution in [3.8, 4) is 5.75 Å². The minimum Gasteiger partial charge on any atom is -0.424 e. The lowest BCUT2D eigenvalue weighted by Crippen LogP contribution is -2.60. The summed E-state index contributed by atoms with van der Waals surface area (Å²) in [5, 5.41) is 27.6. The minimum absolute atomic E-state index is 0.149. The van der Waals surface area contributed by atoms with E-state index in [1.165, 1.54) is 13.8 Å². The number of benzene rings is 1. The Kier molecular flexibility index (Phi) is 15.1. The van der Waals surface area contributed by atoms with Crippen LogP contribution in [0.25, 0.3) is 0 Å². The van der Waals surface area contributed by atoms with Crippen LogP contribution in [0.1, 0.15) is 61.8 Å². The van der Waals surface area contributed by atoms with Crippen molar-refractivity contribution < 1.29 is 34.1 Å². The van der Waals surface area contributed by atoms with Crippen LogP contribution in [0.5, 0.6) is 5.75 Å². The van der Waals surface area contributed by atoms with Crippen LogP contribution in [0.4, 0.5) is 0 Å². The van der Waals surface area contributed by atoms with Crippen LogP contribution >= 0.6 is 23.5 Å². The third-order valence-electron chi connectivity index (χ3n) is 5.73. The van der Waals surface area contributed by atoms with Crippen molar-refractivity contribution in [1.82, 2.24) is 16.0 Å². The molecule has 0 heterocycles. The van der Waals surface area contributed by atoms with Gasteiger partial charge in [0.25, 0.3) is 0 Å². The molecule has 40 heavy (non-hydrogen) atoms. The number of rotatable bonds is 16. The first-order valence-corrected chi connectivity index (χ1v) is 15.2.